The summed E-state index contributed by atoms with van der Waals surface area (Å²) in [7, 11) is 1.56. The van der Waals surface area contributed by atoms with Gasteiger partial charge in [0.15, 0.2) is 0 Å². The number of anilines is 1. The maximum absolute atomic E-state index is 10.2. The second kappa shape index (κ2) is 6.27. The number of rotatable bonds is 6. The summed E-state index contributed by atoms with van der Waals surface area (Å²) in [4.78, 5) is 0. The third-order valence-electron chi connectivity index (χ3n) is 3.25. The van der Waals surface area contributed by atoms with Gasteiger partial charge in [-0.2, -0.15) is 5.26 Å². The lowest BCUT2D eigenvalue weighted by Gasteiger charge is -2.26. The Balaban J connectivity index is 2.82. The van der Waals surface area contributed by atoms with Gasteiger partial charge in [-0.1, -0.05) is 13.8 Å². The van der Waals surface area contributed by atoms with E-state index in [1.165, 1.54) is 0 Å². The number of nitrogens with zero attached hydrogens (tertiary/aromatic N) is 1. The molecule has 1 aromatic rings. The van der Waals surface area contributed by atoms with Crippen LogP contribution < -0.4 is 10.1 Å². The average molecular weight is 248 g/mol. The van der Waals surface area contributed by atoms with Crippen LogP contribution in [0.15, 0.2) is 18.2 Å². The molecule has 0 saturated heterocycles. The van der Waals surface area contributed by atoms with Crippen molar-refractivity contribution in [3.8, 4) is 11.8 Å². The van der Waals surface area contributed by atoms with Gasteiger partial charge in [-0.05, 0) is 25.0 Å². The van der Waals surface area contributed by atoms with E-state index in [4.69, 9.17) is 10.00 Å². The van der Waals surface area contributed by atoms with E-state index in [1.807, 2.05) is 13.8 Å². The number of hydrogen-bond acceptors (Lipinski definition) is 4. The maximum atomic E-state index is 10.2. The van der Waals surface area contributed by atoms with E-state index in [2.05, 4.69) is 11.4 Å². The Morgan fingerprint density at radius 1 is 1.39 bits per heavy atom. The Kier molecular flexibility index (Phi) is 4.99. The molecule has 0 aromatic heterocycles. The van der Waals surface area contributed by atoms with Gasteiger partial charge in [-0.15, -0.1) is 0 Å². The normalized spacial score (nSPS) is 10.8. The molecule has 0 aliphatic rings. The van der Waals surface area contributed by atoms with Crippen LogP contribution in [0.5, 0.6) is 5.75 Å². The van der Waals surface area contributed by atoms with Crippen LogP contribution in [0.4, 0.5) is 5.69 Å². The summed E-state index contributed by atoms with van der Waals surface area (Å²) in [6.45, 7) is 4.38. The van der Waals surface area contributed by atoms with E-state index in [9.17, 15) is 5.11 Å². The van der Waals surface area contributed by atoms with Crippen LogP contribution >= 0.6 is 0 Å². The number of hydrogen-bond donors (Lipinski definition) is 2. The fourth-order valence-electron chi connectivity index (χ4n) is 1.67. The minimum atomic E-state index is -0.709. The van der Waals surface area contributed by atoms with Gasteiger partial charge in [0.2, 0.25) is 0 Å². The first-order valence-corrected chi connectivity index (χ1v) is 6.13. The fourth-order valence-corrected chi connectivity index (χ4v) is 1.67. The van der Waals surface area contributed by atoms with Crippen molar-refractivity contribution in [2.75, 3.05) is 19.0 Å². The second-order valence-electron chi connectivity index (χ2n) is 4.31. The van der Waals surface area contributed by atoms with Crippen molar-refractivity contribution in [2.24, 2.45) is 0 Å². The van der Waals surface area contributed by atoms with Crippen LogP contribution in [0.2, 0.25) is 0 Å². The second-order valence-corrected chi connectivity index (χ2v) is 4.31. The lowest BCUT2D eigenvalue weighted by molar-refractivity contribution is 0.0457. The minimum absolute atomic E-state index is 0.461. The molecule has 0 fully saturated rings. The highest BCUT2D eigenvalue weighted by molar-refractivity contribution is 5.59. The predicted molar refractivity (Wildman–Crippen MR) is 71.7 cm³/mol. The highest BCUT2D eigenvalue weighted by atomic mass is 16.5. The van der Waals surface area contributed by atoms with Crippen LogP contribution in [0.1, 0.15) is 32.3 Å². The molecule has 1 aromatic carbocycles. The van der Waals surface area contributed by atoms with Gasteiger partial charge in [0.05, 0.1) is 30.0 Å². The number of methoxy groups -OCH3 is 1. The summed E-state index contributed by atoms with van der Waals surface area (Å²) in [5.41, 5.74) is 0.634. The van der Waals surface area contributed by atoms with Crippen molar-refractivity contribution >= 4 is 5.69 Å². The molecule has 0 aliphatic carbocycles. The molecule has 0 saturated carbocycles. The molecule has 0 heterocycles. The molecule has 0 radical (unpaired) electrons. The number of nitrogens with one attached hydrogen (secondary N) is 1. The molecular formula is C14H20N2O2. The summed E-state index contributed by atoms with van der Waals surface area (Å²) >= 11 is 0. The topological polar surface area (TPSA) is 65.3 Å². The molecule has 4 nitrogen and oxygen atoms in total. The summed E-state index contributed by atoms with van der Waals surface area (Å²) in [5.74, 6) is 0.614. The first-order chi connectivity index (χ1) is 8.58. The van der Waals surface area contributed by atoms with Gasteiger partial charge < -0.3 is 15.2 Å². The Morgan fingerprint density at radius 2 is 2.06 bits per heavy atom. The average Bonchev–Trinajstić information content (AvgIpc) is 2.44. The lowest BCUT2D eigenvalue weighted by Crippen LogP contribution is -2.35. The van der Waals surface area contributed by atoms with Crippen molar-refractivity contribution in [3.63, 3.8) is 0 Å². The van der Waals surface area contributed by atoms with Crippen LogP contribution in [-0.2, 0) is 0 Å². The molecule has 0 atom stereocenters. The molecule has 98 valence electrons. The van der Waals surface area contributed by atoms with E-state index in [1.54, 1.807) is 25.3 Å². The largest absolute Gasteiger partial charge is 0.495 e. The van der Waals surface area contributed by atoms with Gasteiger partial charge in [0.25, 0.3) is 0 Å². The number of ether oxygens (including phenoxy) is 1. The summed E-state index contributed by atoms with van der Waals surface area (Å²) in [6, 6.07) is 7.27. The molecule has 1 rings (SSSR count). The third-order valence-corrected chi connectivity index (χ3v) is 3.25. The van der Waals surface area contributed by atoms with Gasteiger partial charge in [-0.3, -0.25) is 0 Å². The summed E-state index contributed by atoms with van der Waals surface area (Å²) in [6.07, 6.45) is 1.38. The quantitative estimate of drug-likeness (QED) is 0.812. The first kappa shape index (κ1) is 14.3. The lowest BCUT2D eigenvalue weighted by atomic mass is 9.97. The maximum Gasteiger partial charge on any atom is 0.143 e. The number of benzene rings is 1. The molecule has 18 heavy (non-hydrogen) atoms. The van der Waals surface area contributed by atoms with Crippen molar-refractivity contribution in [1.82, 2.24) is 0 Å². The van der Waals surface area contributed by atoms with Crippen LogP contribution in [0.3, 0.4) is 0 Å². The Hall–Kier alpha value is -1.73. The van der Waals surface area contributed by atoms with Crippen molar-refractivity contribution in [1.29, 1.82) is 5.26 Å². The number of aliphatic hydroxyl groups is 1. The zero-order valence-corrected chi connectivity index (χ0v) is 11.2. The number of nitriles is 1. The van der Waals surface area contributed by atoms with Crippen LogP contribution in [0.25, 0.3) is 0 Å². The van der Waals surface area contributed by atoms with E-state index < -0.39 is 5.60 Å². The zero-order chi connectivity index (χ0) is 13.6. The van der Waals surface area contributed by atoms with Gasteiger partial charge in [0.1, 0.15) is 5.75 Å². The van der Waals surface area contributed by atoms with Gasteiger partial charge >= 0.3 is 0 Å². The predicted octanol–water partition coefficient (Wildman–Crippen LogP) is 2.53. The molecule has 0 amide bonds. The summed E-state index contributed by atoms with van der Waals surface area (Å²) in [5, 5.41) is 22.2. The third kappa shape index (κ3) is 3.38. The monoisotopic (exact) mass is 248 g/mol. The Labute approximate surface area is 108 Å². The molecule has 0 unspecified atom stereocenters. The standard InChI is InChI=1S/C14H20N2O2/c1-4-14(17,5-2)10-16-12-7-6-11(9-15)8-13(12)18-3/h6-8,16-17H,4-5,10H2,1-3H3. The summed E-state index contributed by atoms with van der Waals surface area (Å²) < 4.78 is 5.23. The van der Waals surface area contributed by atoms with Crippen molar-refractivity contribution in [3.05, 3.63) is 23.8 Å². The molecular weight excluding hydrogens is 228 g/mol. The minimum Gasteiger partial charge on any atom is -0.495 e. The molecule has 4 heteroatoms. The highest BCUT2D eigenvalue weighted by Gasteiger charge is 2.22. The molecule has 0 spiro atoms. The smallest absolute Gasteiger partial charge is 0.143 e. The van der Waals surface area contributed by atoms with E-state index >= 15 is 0 Å². The Morgan fingerprint density at radius 3 is 2.56 bits per heavy atom. The van der Waals surface area contributed by atoms with E-state index in [0.29, 0.717) is 30.7 Å². The Bertz CT molecular complexity index is 434. The fraction of sp³-hybridized carbons (Fsp3) is 0.500. The van der Waals surface area contributed by atoms with Crippen molar-refractivity contribution in [2.45, 2.75) is 32.3 Å². The van der Waals surface area contributed by atoms with E-state index in [0.717, 1.165) is 5.69 Å². The molecule has 0 bridgehead atoms. The van der Waals surface area contributed by atoms with Crippen molar-refractivity contribution < 1.29 is 9.84 Å². The first-order valence-electron chi connectivity index (χ1n) is 6.13. The molecule has 0 aliphatic heterocycles. The van der Waals surface area contributed by atoms with Crippen LogP contribution in [-0.4, -0.2) is 24.4 Å². The SMILES string of the molecule is CCC(O)(CC)CNc1ccc(C#N)cc1OC. The zero-order valence-electron chi connectivity index (χ0n) is 11.2. The van der Waals surface area contributed by atoms with Gasteiger partial charge in [-0.25, -0.2) is 0 Å². The van der Waals surface area contributed by atoms with Gasteiger partial charge in [0, 0.05) is 12.6 Å². The highest BCUT2D eigenvalue weighted by Crippen LogP contribution is 2.26. The van der Waals surface area contributed by atoms with E-state index in [-0.39, 0.29) is 0 Å². The van der Waals surface area contributed by atoms with Crippen LogP contribution in [0, 0.1) is 11.3 Å². The molecule has 2 N–H and O–H groups in total.